The van der Waals surface area contributed by atoms with Crippen molar-refractivity contribution in [2.75, 3.05) is 5.32 Å². The van der Waals surface area contributed by atoms with E-state index in [-0.39, 0.29) is 11.9 Å². The molecular weight excluding hydrogens is 280 g/mol. The molecule has 0 spiro atoms. The smallest absolute Gasteiger partial charge is 0.255 e. The Morgan fingerprint density at radius 3 is 3.00 bits per heavy atom. The summed E-state index contributed by atoms with van der Waals surface area (Å²) in [4.78, 5) is 20.1. The molecule has 2 N–H and O–H groups in total. The zero-order chi connectivity index (χ0) is 14.3. The summed E-state index contributed by atoms with van der Waals surface area (Å²) in [6, 6.07) is -0.0552. The molecular formula is C12H15ClN6O. The fourth-order valence-electron chi connectivity index (χ4n) is 1.89. The van der Waals surface area contributed by atoms with Crippen molar-refractivity contribution in [2.45, 2.75) is 38.8 Å². The van der Waals surface area contributed by atoms with E-state index in [1.807, 2.05) is 6.92 Å². The second-order valence-electron chi connectivity index (χ2n) is 5.00. The van der Waals surface area contributed by atoms with Crippen molar-refractivity contribution >= 4 is 29.1 Å². The van der Waals surface area contributed by atoms with E-state index in [1.54, 1.807) is 11.4 Å². The van der Waals surface area contributed by atoms with Gasteiger partial charge in [0.15, 0.2) is 0 Å². The molecule has 2 aromatic heterocycles. The predicted molar refractivity (Wildman–Crippen MR) is 74.8 cm³/mol. The molecule has 2 aromatic rings. The normalized spacial score (nSPS) is 16.1. The molecule has 7 nitrogen and oxygen atoms in total. The Bertz CT molecular complexity index is 665. The molecule has 1 atom stereocenters. The van der Waals surface area contributed by atoms with Crippen LogP contribution in [0.3, 0.4) is 0 Å². The topological polar surface area (TPSA) is 84.2 Å². The first-order valence-corrected chi connectivity index (χ1v) is 6.87. The number of fused-ring (bicyclic) bond motifs is 1. The first-order valence-electron chi connectivity index (χ1n) is 6.49. The highest BCUT2D eigenvalue weighted by Gasteiger charge is 2.26. The minimum atomic E-state index is -0.389. The van der Waals surface area contributed by atoms with Crippen molar-refractivity contribution in [2.24, 2.45) is 0 Å². The molecule has 106 valence electrons. The number of aromatic nitrogens is 4. The van der Waals surface area contributed by atoms with Crippen LogP contribution in [0.25, 0.3) is 5.78 Å². The maximum Gasteiger partial charge on any atom is 0.255 e. The van der Waals surface area contributed by atoms with E-state index in [2.05, 4.69) is 25.7 Å². The Labute approximate surface area is 120 Å². The molecule has 1 saturated carbocycles. The summed E-state index contributed by atoms with van der Waals surface area (Å²) in [5.74, 6) is 1.00. The number of anilines is 1. The highest BCUT2D eigenvalue weighted by atomic mass is 35.5. The van der Waals surface area contributed by atoms with Crippen LogP contribution in [-0.2, 0) is 4.79 Å². The fourth-order valence-corrected chi connectivity index (χ4v) is 2.06. The van der Waals surface area contributed by atoms with Crippen molar-refractivity contribution in [1.29, 1.82) is 0 Å². The summed E-state index contributed by atoms with van der Waals surface area (Å²) in [5.41, 5.74) is 0.732. The largest absolute Gasteiger partial charge is 0.358 e. The van der Waals surface area contributed by atoms with Crippen LogP contribution < -0.4 is 10.6 Å². The number of rotatable bonds is 4. The molecule has 2 heterocycles. The van der Waals surface area contributed by atoms with Gasteiger partial charge in [-0.3, -0.25) is 4.79 Å². The van der Waals surface area contributed by atoms with Crippen molar-refractivity contribution in [1.82, 2.24) is 24.9 Å². The standard InChI is InChI=1S/C12H15ClN6O/c1-6-9(13)18-12-14-5-15-19(12)10(6)16-7(2)11(20)17-8-3-4-8/h5,7-8,16H,3-4H2,1-2H3,(H,17,20). The lowest BCUT2D eigenvalue weighted by molar-refractivity contribution is -0.121. The van der Waals surface area contributed by atoms with Gasteiger partial charge in [0.2, 0.25) is 5.91 Å². The zero-order valence-electron chi connectivity index (χ0n) is 11.2. The second-order valence-corrected chi connectivity index (χ2v) is 5.35. The molecule has 0 aromatic carbocycles. The highest BCUT2D eigenvalue weighted by molar-refractivity contribution is 6.30. The van der Waals surface area contributed by atoms with E-state index < -0.39 is 0 Å². The third-order valence-electron chi connectivity index (χ3n) is 3.27. The Balaban J connectivity index is 1.87. The van der Waals surface area contributed by atoms with E-state index >= 15 is 0 Å². The number of nitrogens with one attached hydrogen (secondary N) is 2. The summed E-state index contributed by atoms with van der Waals surface area (Å²) < 4.78 is 1.54. The lowest BCUT2D eigenvalue weighted by Gasteiger charge is -2.17. The SMILES string of the molecule is Cc1c(Cl)nc2ncnn2c1NC(C)C(=O)NC1CC1. The van der Waals surface area contributed by atoms with Crippen molar-refractivity contribution in [3.63, 3.8) is 0 Å². The van der Waals surface area contributed by atoms with Gasteiger partial charge in [0, 0.05) is 11.6 Å². The highest BCUT2D eigenvalue weighted by Crippen LogP contribution is 2.23. The monoisotopic (exact) mass is 294 g/mol. The van der Waals surface area contributed by atoms with Crippen molar-refractivity contribution < 1.29 is 4.79 Å². The van der Waals surface area contributed by atoms with Gasteiger partial charge in [-0.25, -0.2) is 0 Å². The number of hydrogen-bond donors (Lipinski definition) is 2. The zero-order valence-corrected chi connectivity index (χ0v) is 12.0. The van der Waals surface area contributed by atoms with Gasteiger partial charge in [0.05, 0.1) is 0 Å². The summed E-state index contributed by atoms with van der Waals surface area (Å²) in [6.45, 7) is 3.62. The van der Waals surface area contributed by atoms with Crippen LogP contribution in [0.2, 0.25) is 5.15 Å². The van der Waals surface area contributed by atoms with Crippen LogP contribution >= 0.6 is 11.6 Å². The first kappa shape index (κ1) is 13.1. The molecule has 0 radical (unpaired) electrons. The van der Waals surface area contributed by atoms with Gasteiger partial charge in [0.1, 0.15) is 23.3 Å². The van der Waals surface area contributed by atoms with E-state index in [9.17, 15) is 4.79 Å². The summed E-state index contributed by atoms with van der Waals surface area (Å²) in [5, 5.41) is 10.5. The maximum atomic E-state index is 12.0. The van der Waals surface area contributed by atoms with Crippen molar-refractivity contribution in [3.8, 4) is 0 Å². The number of carbonyl (C=O) groups excluding carboxylic acids is 1. The lowest BCUT2D eigenvalue weighted by Crippen LogP contribution is -2.39. The van der Waals surface area contributed by atoms with Crippen LogP contribution in [0.4, 0.5) is 5.82 Å². The van der Waals surface area contributed by atoms with Crippen LogP contribution in [0.15, 0.2) is 6.33 Å². The third kappa shape index (κ3) is 2.40. The van der Waals surface area contributed by atoms with Gasteiger partial charge in [0.25, 0.3) is 5.78 Å². The Morgan fingerprint density at radius 1 is 1.55 bits per heavy atom. The van der Waals surface area contributed by atoms with Gasteiger partial charge < -0.3 is 10.6 Å². The molecule has 1 fully saturated rings. The van der Waals surface area contributed by atoms with E-state index in [4.69, 9.17) is 11.6 Å². The average molecular weight is 295 g/mol. The van der Waals surface area contributed by atoms with E-state index in [0.29, 0.717) is 22.8 Å². The molecule has 1 amide bonds. The minimum Gasteiger partial charge on any atom is -0.358 e. The van der Waals surface area contributed by atoms with Gasteiger partial charge in [-0.2, -0.15) is 19.6 Å². The van der Waals surface area contributed by atoms with E-state index in [1.165, 1.54) is 6.33 Å². The third-order valence-corrected chi connectivity index (χ3v) is 3.64. The minimum absolute atomic E-state index is 0.0342. The molecule has 1 aliphatic carbocycles. The number of nitrogens with zero attached hydrogens (tertiary/aromatic N) is 4. The molecule has 8 heteroatoms. The molecule has 1 aliphatic rings. The van der Waals surface area contributed by atoms with Gasteiger partial charge in [-0.15, -0.1) is 0 Å². The predicted octanol–water partition coefficient (Wildman–Crippen LogP) is 1.17. The summed E-state index contributed by atoms with van der Waals surface area (Å²) in [7, 11) is 0. The number of hydrogen-bond acceptors (Lipinski definition) is 5. The molecule has 1 unspecified atom stereocenters. The van der Waals surface area contributed by atoms with Crippen LogP contribution in [0, 0.1) is 6.92 Å². The number of amides is 1. The van der Waals surface area contributed by atoms with Gasteiger partial charge in [-0.05, 0) is 26.7 Å². The maximum absolute atomic E-state index is 12.0. The van der Waals surface area contributed by atoms with Gasteiger partial charge in [-0.1, -0.05) is 11.6 Å². The van der Waals surface area contributed by atoms with E-state index in [0.717, 1.165) is 18.4 Å². The molecule has 0 bridgehead atoms. The Morgan fingerprint density at radius 2 is 2.30 bits per heavy atom. The van der Waals surface area contributed by atoms with Crippen LogP contribution in [0.5, 0.6) is 0 Å². The fraction of sp³-hybridized carbons (Fsp3) is 0.500. The second kappa shape index (κ2) is 4.90. The summed E-state index contributed by atoms with van der Waals surface area (Å²) in [6.07, 6.45) is 3.52. The van der Waals surface area contributed by atoms with Crippen LogP contribution in [0.1, 0.15) is 25.3 Å². The van der Waals surface area contributed by atoms with Gasteiger partial charge >= 0.3 is 0 Å². The first-order chi connectivity index (χ1) is 9.56. The molecule has 0 aliphatic heterocycles. The quantitative estimate of drug-likeness (QED) is 0.827. The van der Waals surface area contributed by atoms with Crippen molar-refractivity contribution in [3.05, 3.63) is 17.0 Å². The number of carbonyl (C=O) groups is 1. The summed E-state index contributed by atoms with van der Waals surface area (Å²) >= 11 is 6.07. The Kier molecular flexibility index (Phi) is 3.21. The number of halogens is 1. The Hall–Kier alpha value is -1.89. The lowest BCUT2D eigenvalue weighted by atomic mass is 10.2. The molecule has 3 rings (SSSR count). The average Bonchev–Trinajstić information content (AvgIpc) is 3.10. The van der Waals surface area contributed by atoms with Crippen LogP contribution in [-0.4, -0.2) is 37.6 Å². The molecule has 0 saturated heterocycles. The molecule has 20 heavy (non-hydrogen) atoms.